The molecule has 33 heavy (non-hydrogen) atoms. The minimum absolute atomic E-state index is 0.126. The molecule has 6 N–H and O–H groups in total. The second-order valence-corrected chi connectivity index (χ2v) is 8.98. The van der Waals surface area contributed by atoms with E-state index in [1.54, 1.807) is 17.3 Å². The molecule has 3 heterocycles. The number of rotatable bonds is 5. The molecule has 1 aromatic carbocycles. The fourth-order valence-corrected chi connectivity index (χ4v) is 4.60. The lowest BCUT2D eigenvalue weighted by Gasteiger charge is -2.37. The molecule has 1 aromatic heterocycles. The van der Waals surface area contributed by atoms with Crippen molar-refractivity contribution in [3.05, 3.63) is 76.8 Å². The zero-order chi connectivity index (χ0) is 23.4. The number of carbonyl (C=O) groups is 1. The lowest BCUT2D eigenvalue weighted by Crippen LogP contribution is -2.56. The van der Waals surface area contributed by atoms with Crippen LogP contribution in [0.15, 0.2) is 60.1 Å². The predicted octanol–water partition coefficient (Wildman–Crippen LogP) is 0.202. The smallest absolute Gasteiger partial charge is 0.317 e. The average molecular weight is 450 g/mol. The first kappa shape index (κ1) is 22.9. The molecule has 174 valence electrons. The first-order valence-electron chi connectivity index (χ1n) is 11.4. The van der Waals surface area contributed by atoms with Gasteiger partial charge in [0.05, 0.1) is 18.2 Å². The second-order valence-electron chi connectivity index (χ2n) is 8.98. The van der Waals surface area contributed by atoms with E-state index in [1.165, 1.54) is 11.1 Å². The van der Waals surface area contributed by atoms with Crippen LogP contribution in [0.2, 0.25) is 0 Å². The van der Waals surface area contributed by atoms with E-state index in [0.717, 1.165) is 17.7 Å². The van der Waals surface area contributed by atoms with Crippen LogP contribution in [-0.2, 0) is 6.54 Å². The molecule has 8 heteroatoms. The monoisotopic (exact) mass is 449 g/mol. The summed E-state index contributed by atoms with van der Waals surface area (Å²) in [7, 11) is 0. The number of aryl methyl sites for hydroxylation is 1. The van der Waals surface area contributed by atoms with Gasteiger partial charge in [-0.3, -0.25) is 15.3 Å². The van der Waals surface area contributed by atoms with Crippen molar-refractivity contribution in [2.75, 3.05) is 26.2 Å². The molecule has 2 atom stereocenters. The molecule has 0 radical (unpaired) electrons. The molecular weight excluding hydrogens is 416 g/mol. The molecule has 0 saturated carbocycles. The normalized spacial score (nSPS) is 21.7. The van der Waals surface area contributed by atoms with Gasteiger partial charge in [0, 0.05) is 62.3 Å². The number of hydrogen-bond acceptors (Lipinski definition) is 5. The number of β-amino-alcohol motifs (C(OH)–C–C–N with tert-alkyl or cyclic N) is 1. The molecule has 8 nitrogen and oxygen atoms in total. The summed E-state index contributed by atoms with van der Waals surface area (Å²) in [5.74, 6) is 0. The average Bonchev–Trinajstić information content (AvgIpc) is 2.80. The molecule has 0 spiro atoms. The number of carbonyl (C=O) groups excluding carboxylic acids is 1. The van der Waals surface area contributed by atoms with Gasteiger partial charge in [-0.05, 0) is 36.6 Å². The molecule has 0 bridgehead atoms. The first-order valence-corrected chi connectivity index (χ1v) is 11.4. The quantitative estimate of drug-likeness (QED) is 0.486. The molecular formula is C25H33N6O2+. The van der Waals surface area contributed by atoms with Crippen molar-refractivity contribution in [1.82, 2.24) is 20.1 Å². The number of likely N-dealkylation sites (tertiary alicyclic amines) is 1. The number of piperidine rings is 1. The van der Waals surface area contributed by atoms with Gasteiger partial charge in [-0.15, -0.1) is 0 Å². The van der Waals surface area contributed by atoms with Crippen LogP contribution in [-0.4, -0.2) is 70.0 Å². The highest BCUT2D eigenvalue weighted by Gasteiger charge is 2.31. The Morgan fingerprint density at radius 1 is 1.24 bits per heavy atom. The van der Waals surface area contributed by atoms with E-state index in [9.17, 15) is 9.90 Å². The highest BCUT2D eigenvalue weighted by Crippen LogP contribution is 2.20. The summed E-state index contributed by atoms with van der Waals surface area (Å²) in [6.45, 7) is 5.03. The number of aromatic nitrogens is 1. The first-order chi connectivity index (χ1) is 15.9. The van der Waals surface area contributed by atoms with Crippen molar-refractivity contribution >= 4 is 11.7 Å². The maximum atomic E-state index is 13.1. The third-order valence-corrected chi connectivity index (χ3v) is 6.48. The van der Waals surface area contributed by atoms with E-state index in [4.69, 9.17) is 11.1 Å². The van der Waals surface area contributed by atoms with Gasteiger partial charge in [-0.1, -0.05) is 24.3 Å². The number of urea groups is 1. The molecule has 1 saturated heterocycles. The van der Waals surface area contributed by atoms with E-state index >= 15 is 0 Å². The summed E-state index contributed by atoms with van der Waals surface area (Å²) in [5.41, 5.74) is 11.6. The number of pyridine rings is 1. The maximum Gasteiger partial charge on any atom is 0.317 e. The van der Waals surface area contributed by atoms with Gasteiger partial charge in [0.15, 0.2) is 0 Å². The fourth-order valence-electron chi connectivity index (χ4n) is 4.60. The van der Waals surface area contributed by atoms with Gasteiger partial charge in [-0.25, -0.2) is 4.79 Å². The van der Waals surface area contributed by atoms with Crippen molar-refractivity contribution < 1.29 is 15.3 Å². The lowest BCUT2D eigenvalue weighted by molar-refractivity contribution is -0.112. The van der Waals surface area contributed by atoms with Gasteiger partial charge < -0.3 is 21.1 Å². The largest absolute Gasteiger partial charge is 0.402 e. The third kappa shape index (κ3) is 5.58. The second kappa shape index (κ2) is 10.1. The summed E-state index contributed by atoms with van der Waals surface area (Å²) < 4.78 is 0. The minimum Gasteiger partial charge on any atom is -0.402 e. The molecule has 2 aliphatic heterocycles. The number of hydrogen-bond donors (Lipinski definition) is 4. The number of nitrogens with one attached hydrogen (secondary N) is 1. The molecule has 4 rings (SSSR count). The summed E-state index contributed by atoms with van der Waals surface area (Å²) in [6, 6.07) is 11.7. The highest BCUT2D eigenvalue weighted by molar-refractivity contribution is 6.09. The fraction of sp³-hybridized carbons (Fsp3) is 0.400. The Hall–Kier alpha value is -3.23. The van der Waals surface area contributed by atoms with Crippen LogP contribution in [0.4, 0.5) is 4.79 Å². The number of nitrogens with zero attached hydrogens (tertiary/aromatic N) is 3. The van der Waals surface area contributed by atoms with Crippen LogP contribution < -0.4 is 16.5 Å². The van der Waals surface area contributed by atoms with Gasteiger partial charge >= 0.3 is 6.03 Å². The molecule has 0 aliphatic carbocycles. The third-order valence-electron chi connectivity index (χ3n) is 6.48. The van der Waals surface area contributed by atoms with Crippen molar-refractivity contribution in [1.29, 1.82) is 0 Å². The lowest BCUT2D eigenvalue weighted by atomic mass is 9.97. The van der Waals surface area contributed by atoms with Crippen molar-refractivity contribution in [3.63, 3.8) is 0 Å². The number of amides is 2. The van der Waals surface area contributed by atoms with E-state index in [0.29, 0.717) is 50.4 Å². The maximum absolute atomic E-state index is 13.1. The molecule has 2 unspecified atom stereocenters. The van der Waals surface area contributed by atoms with Crippen LogP contribution >= 0.6 is 0 Å². The summed E-state index contributed by atoms with van der Waals surface area (Å²) in [5, 5.41) is 19.9. The Bertz CT molecular complexity index is 1040. The Morgan fingerprint density at radius 2 is 2.00 bits per heavy atom. The van der Waals surface area contributed by atoms with Crippen LogP contribution in [0.25, 0.3) is 0 Å². The predicted molar refractivity (Wildman–Crippen MR) is 127 cm³/mol. The van der Waals surface area contributed by atoms with Crippen LogP contribution in [0.3, 0.4) is 0 Å². The standard InChI is InChI=1S/C25H32N6O2/c1-17-4-2-3-5-19(17)13-30-14-20(12-21(32)15-30)29-25(33)31-11-8-23(26)22(16-31)24(27)18-6-9-28-10-7-18/h2-7,9-10,20-21,27,32H,8,11-16,26H2,1H3,(H,29,33)/p+1. The van der Waals surface area contributed by atoms with Crippen LogP contribution in [0.1, 0.15) is 29.5 Å². The number of aliphatic hydroxyl groups is 1. The van der Waals surface area contributed by atoms with Gasteiger partial charge in [0.1, 0.15) is 0 Å². The number of nitrogens with two attached hydrogens (primary N) is 2. The Labute approximate surface area is 194 Å². The van der Waals surface area contributed by atoms with Gasteiger partial charge in [0.2, 0.25) is 5.71 Å². The SMILES string of the molecule is Cc1ccccc1CN1CC(O)CC(NC(=O)N2CCC(N)=C(C(=[NH2+])c3ccncc3)C2)C1. The summed E-state index contributed by atoms with van der Waals surface area (Å²) >= 11 is 0. The minimum atomic E-state index is -0.476. The zero-order valence-corrected chi connectivity index (χ0v) is 19.1. The van der Waals surface area contributed by atoms with E-state index < -0.39 is 6.10 Å². The number of aliphatic hydroxyl groups excluding tert-OH is 1. The molecule has 2 amide bonds. The Kier molecular flexibility index (Phi) is 7.05. The van der Waals surface area contributed by atoms with Crippen LogP contribution in [0.5, 0.6) is 0 Å². The van der Waals surface area contributed by atoms with Crippen molar-refractivity contribution in [2.24, 2.45) is 5.73 Å². The van der Waals surface area contributed by atoms with Gasteiger partial charge in [-0.2, -0.15) is 0 Å². The summed E-state index contributed by atoms with van der Waals surface area (Å²) in [6.07, 6.45) is 4.00. The van der Waals surface area contributed by atoms with E-state index in [1.807, 2.05) is 24.3 Å². The van der Waals surface area contributed by atoms with E-state index in [2.05, 4.69) is 34.3 Å². The molecule has 1 fully saturated rings. The summed E-state index contributed by atoms with van der Waals surface area (Å²) in [4.78, 5) is 21.1. The Balaban J connectivity index is 1.38. The number of benzene rings is 1. The molecule has 2 aliphatic rings. The van der Waals surface area contributed by atoms with E-state index in [-0.39, 0.29) is 12.1 Å². The topological polar surface area (TPSA) is 120 Å². The Morgan fingerprint density at radius 3 is 2.76 bits per heavy atom. The highest BCUT2D eigenvalue weighted by atomic mass is 16.3. The van der Waals surface area contributed by atoms with Crippen molar-refractivity contribution in [2.45, 2.75) is 38.5 Å². The van der Waals surface area contributed by atoms with Gasteiger partial charge in [0.25, 0.3) is 0 Å². The van der Waals surface area contributed by atoms with Crippen molar-refractivity contribution in [3.8, 4) is 0 Å². The molecule has 2 aromatic rings. The van der Waals surface area contributed by atoms with Crippen LogP contribution in [0, 0.1) is 6.92 Å². The zero-order valence-electron chi connectivity index (χ0n) is 19.1.